The first-order chi connectivity index (χ1) is 7.72. The molecule has 2 heterocycles. The molecule has 0 spiro atoms. The topological polar surface area (TPSA) is 73.9 Å². The minimum absolute atomic E-state index is 0. The standard InChI is InChI=1S/C9H9BClNO4.ClH/c11-4-1-5-9(15-3-14-5)8-7(4)6(2-12)16-10(8)13;/h1,6,13H,2-3,12H2;1H. The van der Waals surface area contributed by atoms with E-state index < -0.39 is 13.2 Å². The number of ether oxygens (including phenoxy) is 2. The van der Waals surface area contributed by atoms with E-state index in [2.05, 4.69) is 0 Å². The van der Waals surface area contributed by atoms with Gasteiger partial charge in [-0.3, -0.25) is 0 Å². The van der Waals surface area contributed by atoms with Crippen molar-refractivity contribution in [1.29, 1.82) is 0 Å². The van der Waals surface area contributed by atoms with Gasteiger partial charge in [-0.2, -0.15) is 0 Å². The lowest BCUT2D eigenvalue weighted by molar-refractivity contribution is 0.174. The number of benzene rings is 1. The van der Waals surface area contributed by atoms with Crippen LogP contribution in [0.15, 0.2) is 6.07 Å². The molecule has 0 saturated carbocycles. The smallest absolute Gasteiger partial charge is 0.454 e. The zero-order chi connectivity index (χ0) is 11.3. The lowest BCUT2D eigenvalue weighted by Crippen LogP contribution is -2.29. The summed E-state index contributed by atoms with van der Waals surface area (Å²) in [6.07, 6.45) is -0.396. The first-order valence-electron chi connectivity index (χ1n) is 4.88. The fraction of sp³-hybridized carbons (Fsp3) is 0.333. The lowest BCUT2D eigenvalue weighted by Gasteiger charge is -2.10. The number of hydrogen-bond acceptors (Lipinski definition) is 5. The Morgan fingerprint density at radius 3 is 3.00 bits per heavy atom. The fourth-order valence-electron chi connectivity index (χ4n) is 2.09. The van der Waals surface area contributed by atoms with Crippen LogP contribution in [0.25, 0.3) is 0 Å². The quantitative estimate of drug-likeness (QED) is 0.718. The molecule has 0 saturated heterocycles. The molecular weight excluding hydrogens is 268 g/mol. The van der Waals surface area contributed by atoms with Crippen molar-refractivity contribution in [3.8, 4) is 11.5 Å². The highest BCUT2D eigenvalue weighted by atomic mass is 35.5. The van der Waals surface area contributed by atoms with Crippen molar-refractivity contribution in [3.63, 3.8) is 0 Å². The van der Waals surface area contributed by atoms with Crippen LogP contribution in [0.4, 0.5) is 0 Å². The molecule has 17 heavy (non-hydrogen) atoms. The number of hydrogen-bond donors (Lipinski definition) is 2. The second-order valence-corrected chi connectivity index (χ2v) is 4.04. The Labute approximate surface area is 109 Å². The second kappa shape index (κ2) is 4.55. The number of fused-ring (bicyclic) bond motifs is 3. The highest BCUT2D eigenvalue weighted by Crippen LogP contribution is 2.40. The van der Waals surface area contributed by atoms with Gasteiger partial charge < -0.3 is 24.9 Å². The Kier molecular flexibility index (Phi) is 3.42. The van der Waals surface area contributed by atoms with Gasteiger partial charge in [0.15, 0.2) is 11.5 Å². The molecule has 92 valence electrons. The average molecular weight is 278 g/mol. The molecule has 0 radical (unpaired) electrons. The summed E-state index contributed by atoms with van der Waals surface area (Å²) in [5, 5.41) is 10.3. The summed E-state index contributed by atoms with van der Waals surface area (Å²) in [6, 6.07) is 1.66. The molecular formula is C9H10BCl2NO4. The van der Waals surface area contributed by atoms with E-state index in [9.17, 15) is 5.02 Å². The molecule has 1 atom stereocenters. The Balaban J connectivity index is 0.00000108. The van der Waals surface area contributed by atoms with Crippen LogP contribution in [0.3, 0.4) is 0 Å². The van der Waals surface area contributed by atoms with Gasteiger partial charge in [0.25, 0.3) is 0 Å². The summed E-state index contributed by atoms with van der Waals surface area (Å²) >= 11 is 6.11. The van der Waals surface area contributed by atoms with Crippen LogP contribution in [0.5, 0.6) is 11.5 Å². The van der Waals surface area contributed by atoms with Gasteiger partial charge in [-0.25, -0.2) is 0 Å². The molecule has 8 heteroatoms. The molecule has 1 aromatic rings. The average Bonchev–Trinajstić information content (AvgIpc) is 2.82. The molecule has 5 nitrogen and oxygen atoms in total. The second-order valence-electron chi connectivity index (χ2n) is 3.63. The van der Waals surface area contributed by atoms with Crippen LogP contribution < -0.4 is 20.7 Å². The van der Waals surface area contributed by atoms with E-state index in [4.69, 9.17) is 31.5 Å². The summed E-state index contributed by atoms with van der Waals surface area (Å²) in [5.41, 5.74) is 6.79. The van der Waals surface area contributed by atoms with Gasteiger partial charge in [-0.15, -0.1) is 12.4 Å². The van der Waals surface area contributed by atoms with E-state index >= 15 is 0 Å². The van der Waals surface area contributed by atoms with E-state index in [0.717, 1.165) is 0 Å². The highest BCUT2D eigenvalue weighted by molar-refractivity contribution is 6.63. The third-order valence-electron chi connectivity index (χ3n) is 2.77. The van der Waals surface area contributed by atoms with E-state index in [1.54, 1.807) is 6.07 Å². The predicted octanol–water partition coefficient (Wildman–Crippen LogP) is 0.208. The van der Waals surface area contributed by atoms with E-state index in [1.165, 1.54) is 0 Å². The number of halogens is 2. The van der Waals surface area contributed by atoms with Crippen molar-refractivity contribution in [1.82, 2.24) is 0 Å². The maximum Gasteiger partial charge on any atom is 0.496 e. The maximum absolute atomic E-state index is 9.80. The Morgan fingerprint density at radius 1 is 1.53 bits per heavy atom. The van der Waals surface area contributed by atoms with Crippen molar-refractivity contribution >= 4 is 36.6 Å². The van der Waals surface area contributed by atoms with Gasteiger partial charge in [0, 0.05) is 28.7 Å². The molecule has 1 unspecified atom stereocenters. The monoisotopic (exact) mass is 277 g/mol. The summed E-state index contributed by atoms with van der Waals surface area (Å²) in [6.45, 7) is 0.381. The number of rotatable bonds is 1. The SMILES string of the molecule is Cl.NCC1OB(O)c2c3c(cc(Cl)c21)OCO3. The van der Waals surface area contributed by atoms with Gasteiger partial charge in [0.05, 0.1) is 6.10 Å². The molecule has 3 N–H and O–H groups in total. The van der Waals surface area contributed by atoms with Crippen LogP contribution >= 0.6 is 24.0 Å². The first kappa shape index (κ1) is 12.8. The molecule has 3 rings (SSSR count). The van der Waals surface area contributed by atoms with Crippen molar-refractivity contribution < 1.29 is 19.2 Å². The zero-order valence-corrected chi connectivity index (χ0v) is 10.3. The maximum atomic E-state index is 9.80. The molecule has 0 amide bonds. The largest absolute Gasteiger partial charge is 0.496 e. The van der Waals surface area contributed by atoms with E-state index in [0.29, 0.717) is 27.5 Å². The van der Waals surface area contributed by atoms with Gasteiger partial charge >= 0.3 is 7.12 Å². The first-order valence-corrected chi connectivity index (χ1v) is 5.25. The minimum Gasteiger partial charge on any atom is -0.454 e. The fourth-order valence-corrected chi connectivity index (χ4v) is 2.41. The van der Waals surface area contributed by atoms with Gasteiger partial charge in [-0.1, -0.05) is 11.6 Å². The minimum atomic E-state index is -1.06. The van der Waals surface area contributed by atoms with Crippen molar-refractivity contribution in [3.05, 3.63) is 16.7 Å². The molecule has 0 aliphatic carbocycles. The van der Waals surface area contributed by atoms with E-state index in [1.807, 2.05) is 0 Å². The van der Waals surface area contributed by atoms with Crippen LogP contribution in [-0.4, -0.2) is 25.5 Å². The summed E-state index contributed by atoms with van der Waals surface area (Å²) in [7, 11) is -1.06. The Morgan fingerprint density at radius 2 is 2.29 bits per heavy atom. The zero-order valence-electron chi connectivity index (χ0n) is 8.68. The van der Waals surface area contributed by atoms with Crippen molar-refractivity contribution in [2.24, 2.45) is 5.73 Å². The highest BCUT2D eigenvalue weighted by Gasteiger charge is 2.41. The molecule has 2 aliphatic heterocycles. The van der Waals surface area contributed by atoms with Crippen molar-refractivity contribution in [2.45, 2.75) is 6.10 Å². The van der Waals surface area contributed by atoms with Crippen molar-refractivity contribution in [2.75, 3.05) is 13.3 Å². The van der Waals surface area contributed by atoms with Crippen LogP contribution in [0, 0.1) is 0 Å². The molecule has 2 aliphatic rings. The third-order valence-corrected chi connectivity index (χ3v) is 3.08. The molecule has 0 bridgehead atoms. The number of nitrogens with two attached hydrogens (primary N) is 1. The normalized spacial score (nSPS) is 20.2. The van der Waals surface area contributed by atoms with Crippen LogP contribution in [0.1, 0.15) is 11.7 Å². The van der Waals surface area contributed by atoms with Crippen LogP contribution in [0.2, 0.25) is 5.02 Å². The lowest BCUT2D eigenvalue weighted by atomic mass is 9.78. The Hall–Kier alpha value is -0.655. The van der Waals surface area contributed by atoms with Crippen LogP contribution in [-0.2, 0) is 4.65 Å². The predicted molar refractivity (Wildman–Crippen MR) is 65.3 cm³/mol. The Bertz CT molecular complexity index is 459. The van der Waals surface area contributed by atoms with E-state index in [-0.39, 0.29) is 25.7 Å². The van der Waals surface area contributed by atoms with Gasteiger partial charge in [-0.05, 0) is 0 Å². The summed E-state index contributed by atoms with van der Waals surface area (Å²) in [4.78, 5) is 0. The van der Waals surface area contributed by atoms with Gasteiger partial charge in [0.1, 0.15) is 0 Å². The summed E-state index contributed by atoms with van der Waals surface area (Å²) in [5.74, 6) is 1.03. The summed E-state index contributed by atoms with van der Waals surface area (Å²) < 4.78 is 15.8. The van der Waals surface area contributed by atoms with Gasteiger partial charge in [0.2, 0.25) is 6.79 Å². The molecule has 0 aromatic heterocycles. The third kappa shape index (κ3) is 1.77. The molecule has 1 aromatic carbocycles. The molecule has 0 fully saturated rings.